The van der Waals surface area contributed by atoms with Crippen LogP contribution in [0.5, 0.6) is 0 Å². The molecule has 1 aliphatic rings. The van der Waals surface area contributed by atoms with E-state index < -0.39 is 23.9 Å². The standard InChI is InChI=1S/C16H15NO5/c1-9-10(8-18)7-12(15(19)20)14(13(9)16(21)22)17-11-5-3-2-4-6-11/h2-8,12,14,17H,1H3,(H,19,20)(H,21,22). The van der Waals surface area contributed by atoms with Gasteiger partial charge in [0, 0.05) is 11.3 Å². The minimum atomic E-state index is -1.25. The van der Waals surface area contributed by atoms with Crippen LogP contribution in [0.25, 0.3) is 0 Å². The first-order valence-electron chi connectivity index (χ1n) is 6.61. The van der Waals surface area contributed by atoms with E-state index >= 15 is 0 Å². The summed E-state index contributed by atoms with van der Waals surface area (Å²) in [6.07, 6.45) is 1.77. The topological polar surface area (TPSA) is 104 Å². The number of hydrogen-bond acceptors (Lipinski definition) is 4. The summed E-state index contributed by atoms with van der Waals surface area (Å²) in [7, 11) is 0. The quantitative estimate of drug-likeness (QED) is 0.715. The Morgan fingerprint density at radius 2 is 1.82 bits per heavy atom. The highest BCUT2D eigenvalue weighted by atomic mass is 16.4. The van der Waals surface area contributed by atoms with Gasteiger partial charge in [-0.15, -0.1) is 0 Å². The molecule has 0 heterocycles. The molecule has 6 nitrogen and oxygen atoms in total. The Balaban J connectivity index is 2.50. The van der Waals surface area contributed by atoms with E-state index in [1.807, 2.05) is 0 Å². The second-order valence-electron chi connectivity index (χ2n) is 4.94. The van der Waals surface area contributed by atoms with Gasteiger partial charge in [0.1, 0.15) is 12.2 Å². The number of allylic oxidation sites excluding steroid dienone is 2. The van der Waals surface area contributed by atoms with Gasteiger partial charge in [-0.3, -0.25) is 9.59 Å². The van der Waals surface area contributed by atoms with Crippen molar-refractivity contribution in [2.24, 2.45) is 5.92 Å². The highest BCUT2D eigenvalue weighted by Gasteiger charge is 2.38. The number of para-hydroxylation sites is 1. The van der Waals surface area contributed by atoms with Crippen molar-refractivity contribution in [2.75, 3.05) is 5.32 Å². The third-order valence-corrected chi connectivity index (χ3v) is 3.60. The zero-order valence-corrected chi connectivity index (χ0v) is 11.8. The molecule has 2 atom stereocenters. The van der Waals surface area contributed by atoms with Gasteiger partial charge in [-0.25, -0.2) is 4.79 Å². The van der Waals surface area contributed by atoms with Crippen molar-refractivity contribution < 1.29 is 24.6 Å². The first-order valence-corrected chi connectivity index (χ1v) is 6.61. The SMILES string of the molecule is CC1=C(C(=O)O)C(Nc2ccccc2)C(C(=O)O)C=C1C=O. The number of rotatable bonds is 5. The molecule has 0 amide bonds. The van der Waals surface area contributed by atoms with Gasteiger partial charge < -0.3 is 15.5 Å². The fraction of sp³-hybridized carbons (Fsp3) is 0.188. The van der Waals surface area contributed by atoms with E-state index in [2.05, 4.69) is 5.32 Å². The average molecular weight is 301 g/mol. The number of anilines is 1. The van der Waals surface area contributed by atoms with Gasteiger partial charge in [0.25, 0.3) is 0 Å². The van der Waals surface area contributed by atoms with Crippen LogP contribution in [0.1, 0.15) is 6.92 Å². The smallest absolute Gasteiger partial charge is 0.334 e. The number of carbonyl (C=O) groups is 3. The third-order valence-electron chi connectivity index (χ3n) is 3.60. The van der Waals surface area contributed by atoms with E-state index in [1.54, 1.807) is 30.3 Å². The van der Waals surface area contributed by atoms with Crippen molar-refractivity contribution in [3.63, 3.8) is 0 Å². The van der Waals surface area contributed by atoms with Crippen molar-refractivity contribution in [2.45, 2.75) is 13.0 Å². The molecular formula is C16H15NO5. The van der Waals surface area contributed by atoms with Gasteiger partial charge in [0.15, 0.2) is 0 Å². The summed E-state index contributed by atoms with van der Waals surface area (Å²) in [6.45, 7) is 1.50. The molecule has 0 bridgehead atoms. The van der Waals surface area contributed by atoms with Gasteiger partial charge in [-0.05, 0) is 24.6 Å². The Labute approximate surface area is 126 Å². The van der Waals surface area contributed by atoms with Crippen molar-refractivity contribution in [1.82, 2.24) is 0 Å². The molecular weight excluding hydrogens is 286 g/mol. The molecule has 1 aromatic carbocycles. The van der Waals surface area contributed by atoms with Crippen LogP contribution in [0.3, 0.4) is 0 Å². The van der Waals surface area contributed by atoms with Crippen LogP contribution < -0.4 is 5.32 Å². The molecule has 0 spiro atoms. The minimum Gasteiger partial charge on any atom is -0.481 e. The molecule has 0 saturated carbocycles. The molecule has 114 valence electrons. The maximum Gasteiger partial charge on any atom is 0.334 e. The van der Waals surface area contributed by atoms with Crippen LogP contribution in [-0.4, -0.2) is 34.5 Å². The van der Waals surface area contributed by atoms with Crippen LogP contribution in [-0.2, 0) is 14.4 Å². The molecule has 2 rings (SSSR count). The van der Waals surface area contributed by atoms with E-state index in [4.69, 9.17) is 0 Å². The zero-order chi connectivity index (χ0) is 16.3. The summed E-state index contributed by atoms with van der Waals surface area (Å²) in [4.78, 5) is 34.1. The van der Waals surface area contributed by atoms with E-state index in [0.29, 0.717) is 12.0 Å². The molecule has 2 unspecified atom stereocenters. The number of carboxylic acid groups (broad SMARTS) is 2. The van der Waals surface area contributed by atoms with Crippen molar-refractivity contribution in [3.8, 4) is 0 Å². The molecule has 1 aliphatic carbocycles. The Bertz CT molecular complexity index is 675. The second kappa shape index (κ2) is 6.26. The third kappa shape index (κ3) is 2.90. The van der Waals surface area contributed by atoms with Crippen molar-refractivity contribution >= 4 is 23.9 Å². The lowest BCUT2D eigenvalue weighted by molar-refractivity contribution is -0.140. The molecule has 22 heavy (non-hydrogen) atoms. The summed E-state index contributed by atoms with van der Waals surface area (Å²) in [5.74, 6) is -3.58. The lowest BCUT2D eigenvalue weighted by atomic mass is 9.81. The number of aliphatic carboxylic acids is 2. The van der Waals surface area contributed by atoms with E-state index in [0.717, 1.165) is 0 Å². The first kappa shape index (κ1) is 15.5. The van der Waals surface area contributed by atoms with Crippen LogP contribution in [0.15, 0.2) is 53.1 Å². The maximum absolute atomic E-state index is 11.6. The van der Waals surface area contributed by atoms with Gasteiger partial charge in [0.05, 0.1) is 11.6 Å². The summed E-state index contributed by atoms with van der Waals surface area (Å²) in [5.41, 5.74) is 0.860. The normalized spacial score (nSPS) is 21.0. The van der Waals surface area contributed by atoms with Crippen LogP contribution >= 0.6 is 0 Å². The number of nitrogens with one attached hydrogen (secondary N) is 1. The molecule has 3 N–H and O–H groups in total. The highest BCUT2D eigenvalue weighted by Crippen LogP contribution is 2.31. The Kier molecular flexibility index (Phi) is 4.41. The molecule has 0 radical (unpaired) electrons. The van der Waals surface area contributed by atoms with Gasteiger partial charge in [0.2, 0.25) is 0 Å². The predicted molar refractivity (Wildman–Crippen MR) is 79.5 cm³/mol. The van der Waals surface area contributed by atoms with E-state index in [-0.39, 0.29) is 16.7 Å². The van der Waals surface area contributed by atoms with E-state index in [1.165, 1.54) is 13.0 Å². The van der Waals surface area contributed by atoms with Crippen LogP contribution in [0.4, 0.5) is 5.69 Å². The molecule has 0 saturated heterocycles. The maximum atomic E-state index is 11.6. The largest absolute Gasteiger partial charge is 0.481 e. The highest BCUT2D eigenvalue weighted by molar-refractivity contribution is 5.97. The molecule has 6 heteroatoms. The van der Waals surface area contributed by atoms with Gasteiger partial charge >= 0.3 is 11.9 Å². The Morgan fingerprint density at radius 1 is 1.18 bits per heavy atom. The lowest BCUT2D eigenvalue weighted by Gasteiger charge is -2.30. The summed E-state index contributed by atoms with van der Waals surface area (Å²) in [6, 6.07) is 7.78. The molecule has 0 aromatic heterocycles. The number of aldehydes is 1. The molecule has 0 fully saturated rings. The zero-order valence-electron chi connectivity index (χ0n) is 11.8. The monoisotopic (exact) mass is 301 g/mol. The number of benzene rings is 1. The van der Waals surface area contributed by atoms with E-state index in [9.17, 15) is 24.6 Å². The Morgan fingerprint density at radius 3 is 2.32 bits per heavy atom. The summed E-state index contributed by atoms with van der Waals surface area (Å²) in [5, 5.41) is 21.7. The number of hydrogen-bond donors (Lipinski definition) is 3. The van der Waals surface area contributed by atoms with Crippen molar-refractivity contribution in [3.05, 3.63) is 53.1 Å². The lowest BCUT2D eigenvalue weighted by Crippen LogP contribution is -2.40. The summed E-state index contributed by atoms with van der Waals surface area (Å²) < 4.78 is 0. The number of carbonyl (C=O) groups excluding carboxylic acids is 1. The fourth-order valence-electron chi connectivity index (χ4n) is 2.49. The summed E-state index contributed by atoms with van der Waals surface area (Å²) >= 11 is 0. The average Bonchev–Trinajstić information content (AvgIpc) is 2.48. The second-order valence-corrected chi connectivity index (χ2v) is 4.94. The number of carboxylic acids is 2. The van der Waals surface area contributed by atoms with Gasteiger partial charge in [-0.2, -0.15) is 0 Å². The van der Waals surface area contributed by atoms with Gasteiger partial charge in [-0.1, -0.05) is 24.3 Å². The minimum absolute atomic E-state index is 0.0934. The fourth-order valence-corrected chi connectivity index (χ4v) is 2.49. The first-order chi connectivity index (χ1) is 10.5. The molecule has 1 aromatic rings. The molecule has 0 aliphatic heterocycles. The van der Waals surface area contributed by atoms with Crippen LogP contribution in [0, 0.1) is 5.92 Å². The van der Waals surface area contributed by atoms with Crippen LogP contribution in [0.2, 0.25) is 0 Å². The predicted octanol–water partition coefficient (Wildman–Crippen LogP) is 1.71. The van der Waals surface area contributed by atoms with Crippen molar-refractivity contribution in [1.29, 1.82) is 0 Å². The Hall–Kier alpha value is -2.89.